The smallest absolute Gasteiger partial charge is 0.231 e. The highest BCUT2D eigenvalue weighted by Crippen LogP contribution is 2.32. The zero-order valence-electron chi connectivity index (χ0n) is 14.8. The minimum atomic E-state index is 0.0206. The van der Waals surface area contributed by atoms with Crippen molar-refractivity contribution in [3.8, 4) is 0 Å². The third-order valence-electron chi connectivity index (χ3n) is 5.48. The number of benzene rings is 1. The van der Waals surface area contributed by atoms with Crippen molar-refractivity contribution < 1.29 is 4.79 Å². The molecule has 4 heterocycles. The van der Waals surface area contributed by atoms with Gasteiger partial charge in [-0.3, -0.25) is 4.79 Å². The first-order valence-electron chi connectivity index (χ1n) is 9.16. The summed E-state index contributed by atoms with van der Waals surface area (Å²) in [5, 5.41) is 4.46. The second kappa shape index (κ2) is 5.83. The molecule has 0 N–H and O–H groups in total. The van der Waals surface area contributed by atoms with Gasteiger partial charge in [0.1, 0.15) is 5.52 Å². The molecule has 0 bridgehead atoms. The summed E-state index contributed by atoms with van der Waals surface area (Å²) in [5.74, 6) is 1.19. The molecule has 2 aliphatic rings. The first-order valence-corrected chi connectivity index (χ1v) is 9.16. The Bertz CT molecular complexity index is 995. The summed E-state index contributed by atoms with van der Waals surface area (Å²) in [5.41, 5.74) is 4.34. The summed E-state index contributed by atoms with van der Waals surface area (Å²) in [6.45, 7) is 4.35. The molecule has 2 aliphatic heterocycles. The average molecular weight is 347 g/mol. The number of amides is 1. The lowest BCUT2D eigenvalue weighted by molar-refractivity contribution is -0.121. The summed E-state index contributed by atoms with van der Waals surface area (Å²) in [6, 6.07) is 10.3. The maximum Gasteiger partial charge on any atom is 0.231 e. The van der Waals surface area contributed by atoms with Crippen molar-refractivity contribution in [1.82, 2.24) is 14.6 Å². The van der Waals surface area contributed by atoms with Crippen LogP contribution in [-0.2, 0) is 11.2 Å². The Kier molecular flexibility index (Phi) is 3.45. The van der Waals surface area contributed by atoms with E-state index in [1.807, 2.05) is 40.7 Å². The molecule has 0 spiro atoms. The van der Waals surface area contributed by atoms with Gasteiger partial charge in [-0.2, -0.15) is 5.10 Å². The molecule has 0 radical (unpaired) electrons. The van der Waals surface area contributed by atoms with E-state index in [-0.39, 0.29) is 11.8 Å². The van der Waals surface area contributed by atoms with E-state index in [4.69, 9.17) is 0 Å². The Balaban J connectivity index is 1.38. The lowest BCUT2D eigenvalue weighted by Crippen LogP contribution is -2.36. The van der Waals surface area contributed by atoms with Crippen LogP contribution in [0.4, 0.5) is 11.5 Å². The molecule has 2 aromatic heterocycles. The van der Waals surface area contributed by atoms with Crippen molar-refractivity contribution in [3.05, 3.63) is 54.0 Å². The van der Waals surface area contributed by atoms with E-state index in [0.29, 0.717) is 6.54 Å². The Hall–Kier alpha value is -2.89. The minimum absolute atomic E-state index is 0.0206. The molecule has 3 aromatic rings. The quantitative estimate of drug-likeness (QED) is 0.715. The van der Waals surface area contributed by atoms with E-state index in [1.165, 1.54) is 5.56 Å². The SMILES string of the molecule is Cc1cc2c(N3CCC(C(=O)N4CCc5ccccc54)C3)nccn2n1. The van der Waals surface area contributed by atoms with E-state index in [0.717, 1.165) is 48.6 Å². The summed E-state index contributed by atoms with van der Waals surface area (Å²) in [6.07, 6.45) is 5.47. The van der Waals surface area contributed by atoms with Crippen molar-refractivity contribution >= 4 is 22.9 Å². The predicted octanol–water partition coefficient (Wildman–Crippen LogP) is 2.45. The first kappa shape index (κ1) is 15.4. The van der Waals surface area contributed by atoms with Crippen LogP contribution in [0.3, 0.4) is 0 Å². The van der Waals surface area contributed by atoms with Crippen molar-refractivity contribution in [3.63, 3.8) is 0 Å². The van der Waals surface area contributed by atoms with Crippen molar-refractivity contribution in [1.29, 1.82) is 0 Å². The fourth-order valence-corrected chi connectivity index (χ4v) is 4.22. The zero-order chi connectivity index (χ0) is 17.7. The number of hydrogen-bond donors (Lipinski definition) is 0. The van der Waals surface area contributed by atoms with E-state index < -0.39 is 0 Å². The van der Waals surface area contributed by atoms with Gasteiger partial charge in [-0.05, 0) is 37.5 Å². The molecule has 26 heavy (non-hydrogen) atoms. The van der Waals surface area contributed by atoms with Gasteiger partial charge in [0.15, 0.2) is 5.82 Å². The second-order valence-corrected chi connectivity index (χ2v) is 7.17. The van der Waals surface area contributed by atoms with Crippen LogP contribution in [0.1, 0.15) is 17.7 Å². The van der Waals surface area contributed by atoms with Gasteiger partial charge in [-0.1, -0.05) is 18.2 Å². The van der Waals surface area contributed by atoms with Gasteiger partial charge < -0.3 is 9.80 Å². The molecule has 1 saturated heterocycles. The number of nitrogens with zero attached hydrogens (tertiary/aromatic N) is 5. The predicted molar refractivity (Wildman–Crippen MR) is 101 cm³/mol. The molecule has 0 aliphatic carbocycles. The average Bonchev–Trinajstić information content (AvgIpc) is 3.37. The summed E-state index contributed by atoms with van der Waals surface area (Å²) in [4.78, 5) is 21.9. The van der Waals surface area contributed by atoms with E-state index >= 15 is 0 Å². The molecule has 1 unspecified atom stereocenters. The molecule has 6 nitrogen and oxygen atoms in total. The highest BCUT2D eigenvalue weighted by Gasteiger charge is 2.35. The number of anilines is 2. The van der Waals surface area contributed by atoms with Crippen molar-refractivity contribution in [2.45, 2.75) is 19.8 Å². The fraction of sp³-hybridized carbons (Fsp3) is 0.350. The number of para-hydroxylation sites is 1. The highest BCUT2D eigenvalue weighted by atomic mass is 16.2. The van der Waals surface area contributed by atoms with E-state index in [9.17, 15) is 4.79 Å². The van der Waals surface area contributed by atoms with Crippen LogP contribution >= 0.6 is 0 Å². The number of rotatable bonds is 2. The molecule has 1 aromatic carbocycles. The van der Waals surface area contributed by atoms with E-state index in [2.05, 4.69) is 27.1 Å². The Morgan fingerprint density at radius 1 is 1.23 bits per heavy atom. The maximum absolute atomic E-state index is 13.1. The number of fused-ring (bicyclic) bond motifs is 2. The van der Waals surface area contributed by atoms with Crippen LogP contribution < -0.4 is 9.80 Å². The number of carbonyl (C=O) groups is 1. The number of aromatic nitrogens is 3. The van der Waals surface area contributed by atoms with Gasteiger partial charge in [0, 0.05) is 37.7 Å². The van der Waals surface area contributed by atoms with Crippen LogP contribution in [0.25, 0.3) is 5.52 Å². The molecule has 5 rings (SSSR count). The Morgan fingerprint density at radius 3 is 3.04 bits per heavy atom. The third kappa shape index (κ3) is 2.36. The number of hydrogen-bond acceptors (Lipinski definition) is 4. The molecule has 132 valence electrons. The van der Waals surface area contributed by atoms with Gasteiger partial charge in [-0.25, -0.2) is 9.50 Å². The molecule has 1 fully saturated rings. The minimum Gasteiger partial charge on any atom is -0.354 e. The maximum atomic E-state index is 13.1. The lowest BCUT2D eigenvalue weighted by Gasteiger charge is -2.22. The monoisotopic (exact) mass is 347 g/mol. The molecule has 1 amide bonds. The third-order valence-corrected chi connectivity index (χ3v) is 5.48. The van der Waals surface area contributed by atoms with Gasteiger partial charge in [0.2, 0.25) is 5.91 Å². The normalized spacial score (nSPS) is 19.3. The molecular formula is C20H21N5O. The Labute approximate surface area is 152 Å². The van der Waals surface area contributed by atoms with Crippen LogP contribution in [-0.4, -0.2) is 40.1 Å². The molecule has 0 saturated carbocycles. The summed E-state index contributed by atoms with van der Waals surface area (Å²) < 4.78 is 1.86. The number of aryl methyl sites for hydroxylation is 1. The van der Waals surface area contributed by atoms with Gasteiger partial charge >= 0.3 is 0 Å². The molecule has 6 heteroatoms. The van der Waals surface area contributed by atoms with Crippen LogP contribution in [0.2, 0.25) is 0 Å². The van der Waals surface area contributed by atoms with Gasteiger partial charge in [-0.15, -0.1) is 0 Å². The van der Waals surface area contributed by atoms with Gasteiger partial charge in [0.05, 0.1) is 11.6 Å². The van der Waals surface area contributed by atoms with Crippen LogP contribution in [0.5, 0.6) is 0 Å². The highest BCUT2D eigenvalue weighted by molar-refractivity contribution is 5.97. The van der Waals surface area contributed by atoms with Gasteiger partial charge in [0.25, 0.3) is 0 Å². The van der Waals surface area contributed by atoms with Crippen LogP contribution in [0.15, 0.2) is 42.7 Å². The second-order valence-electron chi connectivity index (χ2n) is 7.17. The van der Waals surface area contributed by atoms with Crippen LogP contribution in [0, 0.1) is 12.8 Å². The molecule has 1 atom stereocenters. The standard InChI is InChI=1S/C20H21N5O/c1-14-12-18-19(21-8-11-25(18)22-14)23-9-6-16(13-23)20(26)24-10-7-15-4-2-3-5-17(15)24/h2-5,8,11-12,16H,6-7,9-10,13H2,1H3. The largest absolute Gasteiger partial charge is 0.354 e. The fourth-order valence-electron chi connectivity index (χ4n) is 4.22. The van der Waals surface area contributed by atoms with E-state index in [1.54, 1.807) is 6.20 Å². The lowest BCUT2D eigenvalue weighted by atomic mass is 10.1. The molecular weight excluding hydrogens is 326 g/mol. The summed E-state index contributed by atoms with van der Waals surface area (Å²) in [7, 11) is 0. The topological polar surface area (TPSA) is 53.7 Å². The Morgan fingerprint density at radius 2 is 2.12 bits per heavy atom. The number of carbonyl (C=O) groups excluding carboxylic acids is 1. The van der Waals surface area contributed by atoms with Crippen molar-refractivity contribution in [2.75, 3.05) is 29.4 Å². The summed E-state index contributed by atoms with van der Waals surface area (Å²) >= 11 is 0. The van der Waals surface area contributed by atoms with Crippen molar-refractivity contribution in [2.24, 2.45) is 5.92 Å². The zero-order valence-corrected chi connectivity index (χ0v) is 14.8. The first-order chi connectivity index (χ1) is 12.7.